The summed E-state index contributed by atoms with van der Waals surface area (Å²) >= 11 is 0. The van der Waals surface area contributed by atoms with Crippen LogP contribution in [0.25, 0.3) is 0 Å². The lowest BCUT2D eigenvalue weighted by Crippen LogP contribution is -2.34. The van der Waals surface area contributed by atoms with E-state index < -0.39 is 29.7 Å². The lowest BCUT2D eigenvalue weighted by atomic mass is 10.1. The second-order valence-electron chi connectivity index (χ2n) is 3.80. The number of benzene rings is 1. The topological polar surface area (TPSA) is 52.6 Å². The zero-order valence-corrected chi connectivity index (χ0v) is 9.63. The van der Waals surface area contributed by atoms with Gasteiger partial charge in [-0.05, 0) is 20.2 Å². The smallest absolute Gasteiger partial charge is 0.258 e. The molecule has 0 bridgehead atoms. The Bertz CT molecular complexity index is 422. The molecule has 4 nitrogen and oxygen atoms in total. The molecule has 94 valence electrons. The van der Waals surface area contributed by atoms with Gasteiger partial charge in [0.25, 0.3) is 5.91 Å². The molecule has 0 atom stereocenters. The monoisotopic (exact) mass is 244 g/mol. The van der Waals surface area contributed by atoms with E-state index in [0.717, 1.165) is 12.1 Å². The summed E-state index contributed by atoms with van der Waals surface area (Å²) in [6.45, 7) is -0.416. The Labute approximate surface area is 97.9 Å². The third-order valence-electron chi connectivity index (χ3n) is 2.12. The van der Waals surface area contributed by atoms with E-state index in [9.17, 15) is 13.6 Å². The van der Waals surface area contributed by atoms with Crippen LogP contribution in [-0.4, -0.2) is 36.7 Å². The van der Waals surface area contributed by atoms with Crippen LogP contribution >= 0.6 is 0 Å². The highest BCUT2D eigenvalue weighted by Crippen LogP contribution is 2.16. The van der Waals surface area contributed by atoms with Gasteiger partial charge >= 0.3 is 0 Å². The van der Waals surface area contributed by atoms with Crippen molar-refractivity contribution in [3.63, 3.8) is 0 Å². The lowest BCUT2D eigenvalue weighted by Gasteiger charge is -2.12. The minimum atomic E-state index is -1.02. The van der Waals surface area contributed by atoms with Crippen LogP contribution in [0.3, 0.4) is 0 Å². The molecule has 0 fully saturated rings. The summed E-state index contributed by atoms with van der Waals surface area (Å²) < 4.78 is 27.0. The molecule has 1 aromatic rings. The molecule has 0 aliphatic carbocycles. The zero-order valence-electron chi connectivity index (χ0n) is 9.63. The number of rotatable bonds is 4. The third kappa shape index (κ3) is 3.21. The largest absolute Gasteiger partial charge is 0.392 e. The first-order valence-electron chi connectivity index (χ1n) is 4.98. The summed E-state index contributed by atoms with van der Waals surface area (Å²) in [4.78, 5) is 13.2. The fourth-order valence-electron chi connectivity index (χ4n) is 1.24. The number of carbonyl (C=O) groups is 1. The standard InChI is InChI=1S/C11H14F2N2O2/c1-15(2)6-14-11(17)9-8(12)4-3-7(5-16)10(9)13/h3-4,16H,5-6H2,1-2H3,(H,14,17). The molecule has 0 aliphatic rings. The Morgan fingerprint density at radius 3 is 2.59 bits per heavy atom. The van der Waals surface area contributed by atoms with E-state index in [1.165, 1.54) is 0 Å². The SMILES string of the molecule is CN(C)CNC(=O)c1c(F)ccc(CO)c1F. The number of nitrogens with zero attached hydrogens (tertiary/aromatic N) is 1. The van der Waals surface area contributed by atoms with Gasteiger partial charge in [-0.3, -0.25) is 9.69 Å². The second kappa shape index (κ2) is 5.70. The van der Waals surface area contributed by atoms with Crippen molar-refractivity contribution in [2.75, 3.05) is 20.8 Å². The van der Waals surface area contributed by atoms with Crippen LogP contribution in [0.2, 0.25) is 0 Å². The molecule has 0 spiro atoms. The Kier molecular flexibility index (Phi) is 4.53. The number of hydrogen-bond donors (Lipinski definition) is 2. The van der Waals surface area contributed by atoms with E-state index in [-0.39, 0.29) is 12.2 Å². The highest BCUT2D eigenvalue weighted by atomic mass is 19.1. The first-order valence-corrected chi connectivity index (χ1v) is 4.98. The number of nitrogens with one attached hydrogen (secondary N) is 1. The first-order chi connectivity index (χ1) is 7.97. The molecular weight excluding hydrogens is 230 g/mol. The van der Waals surface area contributed by atoms with Crippen LogP contribution in [-0.2, 0) is 6.61 Å². The summed E-state index contributed by atoms with van der Waals surface area (Å²) in [6.07, 6.45) is 0. The molecule has 0 unspecified atom stereocenters. The van der Waals surface area contributed by atoms with Crippen LogP contribution in [0.1, 0.15) is 15.9 Å². The second-order valence-corrected chi connectivity index (χ2v) is 3.80. The molecular formula is C11H14F2N2O2. The maximum Gasteiger partial charge on any atom is 0.258 e. The van der Waals surface area contributed by atoms with E-state index in [4.69, 9.17) is 5.11 Å². The molecule has 6 heteroatoms. The molecule has 0 saturated heterocycles. The Balaban J connectivity index is 3.00. The molecule has 0 saturated carbocycles. The third-order valence-corrected chi connectivity index (χ3v) is 2.12. The van der Waals surface area contributed by atoms with Gasteiger partial charge in [0.15, 0.2) is 0 Å². The average molecular weight is 244 g/mol. The van der Waals surface area contributed by atoms with Gasteiger partial charge in [-0.2, -0.15) is 0 Å². The molecule has 2 N–H and O–H groups in total. The average Bonchev–Trinajstić information content (AvgIpc) is 2.26. The minimum Gasteiger partial charge on any atom is -0.392 e. The van der Waals surface area contributed by atoms with Crippen LogP contribution in [0.5, 0.6) is 0 Å². The lowest BCUT2D eigenvalue weighted by molar-refractivity contribution is 0.0926. The van der Waals surface area contributed by atoms with Crippen molar-refractivity contribution in [3.05, 3.63) is 34.9 Å². The summed E-state index contributed by atoms with van der Waals surface area (Å²) in [5.41, 5.74) is -0.778. The van der Waals surface area contributed by atoms with Crippen molar-refractivity contribution in [1.29, 1.82) is 0 Å². The predicted octanol–water partition coefficient (Wildman–Crippen LogP) is 0.706. The van der Waals surface area contributed by atoms with Crippen LogP contribution in [0, 0.1) is 11.6 Å². The Morgan fingerprint density at radius 1 is 1.41 bits per heavy atom. The van der Waals surface area contributed by atoms with Gasteiger partial charge in [0, 0.05) is 5.56 Å². The van der Waals surface area contributed by atoms with Crippen LogP contribution < -0.4 is 5.32 Å². The van der Waals surface area contributed by atoms with Crippen molar-refractivity contribution >= 4 is 5.91 Å². The summed E-state index contributed by atoms with van der Waals surface area (Å²) in [7, 11) is 3.41. The van der Waals surface area contributed by atoms with Gasteiger partial charge in [-0.25, -0.2) is 8.78 Å². The molecule has 17 heavy (non-hydrogen) atoms. The van der Waals surface area contributed by atoms with Gasteiger partial charge in [-0.15, -0.1) is 0 Å². The molecule has 0 aliphatic heterocycles. The number of aliphatic hydroxyl groups excluding tert-OH is 1. The van der Waals surface area contributed by atoms with Gasteiger partial charge < -0.3 is 10.4 Å². The number of hydrogen-bond acceptors (Lipinski definition) is 3. The number of halogens is 2. The highest BCUT2D eigenvalue weighted by molar-refractivity contribution is 5.94. The number of carbonyl (C=O) groups excluding carboxylic acids is 1. The normalized spacial score (nSPS) is 10.7. The maximum absolute atomic E-state index is 13.6. The highest BCUT2D eigenvalue weighted by Gasteiger charge is 2.19. The molecule has 1 amide bonds. The fraction of sp³-hybridized carbons (Fsp3) is 0.364. The van der Waals surface area contributed by atoms with Gasteiger partial charge in [0.1, 0.15) is 17.2 Å². The summed E-state index contributed by atoms with van der Waals surface area (Å²) in [5.74, 6) is -2.82. The van der Waals surface area contributed by atoms with Crippen LogP contribution in [0.4, 0.5) is 8.78 Å². The molecule has 0 aromatic heterocycles. The molecule has 0 radical (unpaired) electrons. The van der Waals surface area contributed by atoms with Gasteiger partial charge in [-0.1, -0.05) is 6.07 Å². The van der Waals surface area contributed by atoms with E-state index in [1.807, 2.05) is 0 Å². The number of aliphatic hydroxyl groups is 1. The maximum atomic E-state index is 13.6. The van der Waals surface area contributed by atoms with E-state index in [2.05, 4.69) is 5.32 Å². The quantitative estimate of drug-likeness (QED) is 0.767. The van der Waals surface area contributed by atoms with Gasteiger partial charge in [0.2, 0.25) is 0 Å². The Morgan fingerprint density at radius 2 is 2.06 bits per heavy atom. The minimum absolute atomic E-state index is 0.110. The van der Waals surface area contributed by atoms with Crippen molar-refractivity contribution in [2.24, 2.45) is 0 Å². The van der Waals surface area contributed by atoms with E-state index in [0.29, 0.717) is 0 Å². The fourth-order valence-corrected chi connectivity index (χ4v) is 1.24. The van der Waals surface area contributed by atoms with Crippen molar-refractivity contribution in [1.82, 2.24) is 10.2 Å². The molecule has 1 rings (SSSR count). The van der Waals surface area contributed by atoms with E-state index in [1.54, 1.807) is 19.0 Å². The predicted molar refractivity (Wildman–Crippen MR) is 58.3 cm³/mol. The van der Waals surface area contributed by atoms with Gasteiger partial charge in [0.05, 0.1) is 13.3 Å². The Hall–Kier alpha value is -1.53. The van der Waals surface area contributed by atoms with Crippen molar-refractivity contribution in [2.45, 2.75) is 6.61 Å². The van der Waals surface area contributed by atoms with Crippen molar-refractivity contribution in [3.8, 4) is 0 Å². The summed E-state index contributed by atoms with van der Waals surface area (Å²) in [6, 6.07) is 2.06. The molecule has 1 aromatic carbocycles. The van der Waals surface area contributed by atoms with Crippen LogP contribution in [0.15, 0.2) is 12.1 Å². The zero-order chi connectivity index (χ0) is 13.0. The summed E-state index contributed by atoms with van der Waals surface area (Å²) in [5, 5.41) is 11.2. The first kappa shape index (κ1) is 13.5. The molecule has 0 heterocycles. The van der Waals surface area contributed by atoms with Crippen molar-refractivity contribution < 1.29 is 18.7 Å². The number of amides is 1. The van der Waals surface area contributed by atoms with E-state index >= 15 is 0 Å².